The highest BCUT2D eigenvalue weighted by Gasteiger charge is 2.26. The Morgan fingerprint density at radius 1 is 1.27 bits per heavy atom. The van der Waals surface area contributed by atoms with Gasteiger partial charge in [0.05, 0.1) is 23.8 Å². The molecule has 1 aromatic carbocycles. The first-order valence-electron chi connectivity index (χ1n) is 7.87. The van der Waals surface area contributed by atoms with Crippen LogP contribution in [0.15, 0.2) is 24.3 Å². The maximum Gasteiger partial charge on any atom is 0.131 e. The molecule has 4 heteroatoms. The van der Waals surface area contributed by atoms with Gasteiger partial charge in [-0.2, -0.15) is 5.26 Å². The van der Waals surface area contributed by atoms with Crippen LogP contribution in [-0.2, 0) is 6.61 Å². The van der Waals surface area contributed by atoms with Gasteiger partial charge in [-0.05, 0) is 56.9 Å². The van der Waals surface area contributed by atoms with Crippen LogP contribution >= 0.6 is 0 Å². The molecule has 22 heavy (non-hydrogen) atoms. The van der Waals surface area contributed by atoms with Crippen molar-refractivity contribution in [2.45, 2.75) is 51.8 Å². The van der Waals surface area contributed by atoms with Gasteiger partial charge < -0.3 is 10.0 Å². The summed E-state index contributed by atoms with van der Waals surface area (Å²) in [4.78, 5) is 7.11. The molecule has 2 atom stereocenters. The Labute approximate surface area is 131 Å². The molecule has 0 unspecified atom stereocenters. The number of benzene rings is 1. The van der Waals surface area contributed by atoms with Gasteiger partial charge in [-0.3, -0.25) is 0 Å². The molecular formula is C18H21N3O. The summed E-state index contributed by atoms with van der Waals surface area (Å²) in [7, 11) is 0. The highest BCUT2D eigenvalue weighted by Crippen LogP contribution is 2.31. The van der Waals surface area contributed by atoms with E-state index in [-0.39, 0.29) is 6.61 Å². The maximum atomic E-state index is 9.50. The number of hydrogen-bond acceptors (Lipinski definition) is 4. The lowest BCUT2D eigenvalue weighted by Gasteiger charge is -2.40. The van der Waals surface area contributed by atoms with E-state index in [1.165, 1.54) is 6.42 Å². The number of pyridine rings is 1. The summed E-state index contributed by atoms with van der Waals surface area (Å²) in [6.45, 7) is 4.42. The molecule has 1 aliphatic rings. The SMILES string of the molecule is C[C@@H]1CCC[C@H](C)N1c1cc(C#N)c2cc(CO)ccc2n1. The van der Waals surface area contributed by atoms with E-state index in [1.54, 1.807) is 0 Å². The van der Waals surface area contributed by atoms with E-state index in [1.807, 2.05) is 24.3 Å². The van der Waals surface area contributed by atoms with Crippen LogP contribution in [0, 0.1) is 11.3 Å². The molecule has 4 nitrogen and oxygen atoms in total. The van der Waals surface area contributed by atoms with Crippen LogP contribution in [0.2, 0.25) is 0 Å². The molecule has 3 rings (SSSR count). The largest absolute Gasteiger partial charge is 0.392 e. The Bertz CT molecular complexity index is 725. The minimum atomic E-state index is -0.0250. The van der Waals surface area contributed by atoms with Crippen molar-refractivity contribution in [2.75, 3.05) is 4.90 Å². The number of rotatable bonds is 2. The first-order valence-corrected chi connectivity index (χ1v) is 7.87. The molecule has 2 heterocycles. The molecule has 0 saturated carbocycles. The molecule has 0 amide bonds. The number of fused-ring (bicyclic) bond motifs is 1. The van der Waals surface area contributed by atoms with Gasteiger partial charge in [-0.25, -0.2) is 4.98 Å². The Morgan fingerprint density at radius 2 is 2.00 bits per heavy atom. The van der Waals surface area contributed by atoms with E-state index in [9.17, 15) is 10.4 Å². The lowest BCUT2D eigenvalue weighted by molar-refractivity contribution is 0.282. The predicted molar refractivity (Wildman–Crippen MR) is 87.6 cm³/mol. The molecule has 0 radical (unpaired) electrons. The molecule has 2 aromatic rings. The number of nitrogens with zero attached hydrogens (tertiary/aromatic N) is 3. The van der Waals surface area contributed by atoms with Crippen molar-refractivity contribution < 1.29 is 5.11 Å². The first kappa shape index (κ1) is 14.8. The number of aliphatic hydroxyl groups excluding tert-OH is 1. The van der Waals surface area contributed by atoms with E-state index in [4.69, 9.17) is 4.98 Å². The molecule has 0 spiro atoms. The standard InChI is InChI=1S/C18H21N3O/c1-12-4-3-5-13(2)21(12)18-9-15(10-19)16-8-14(11-22)6-7-17(16)20-18/h6-9,12-13,22H,3-5,11H2,1-2H3/t12-,13+. The summed E-state index contributed by atoms with van der Waals surface area (Å²) < 4.78 is 0. The molecule has 1 aromatic heterocycles. The van der Waals surface area contributed by atoms with Gasteiger partial charge in [0.25, 0.3) is 0 Å². The summed E-state index contributed by atoms with van der Waals surface area (Å²) in [5, 5.41) is 19.6. The fraction of sp³-hybridized carbons (Fsp3) is 0.444. The highest BCUT2D eigenvalue weighted by atomic mass is 16.3. The molecule has 0 bridgehead atoms. The monoisotopic (exact) mass is 295 g/mol. The fourth-order valence-corrected chi connectivity index (χ4v) is 3.45. The van der Waals surface area contributed by atoms with Crippen LogP contribution in [0.3, 0.4) is 0 Å². The van der Waals surface area contributed by atoms with Gasteiger partial charge in [0.15, 0.2) is 0 Å². The van der Waals surface area contributed by atoms with E-state index < -0.39 is 0 Å². The molecule has 1 fully saturated rings. The number of hydrogen-bond donors (Lipinski definition) is 1. The molecule has 1 aliphatic heterocycles. The summed E-state index contributed by atoms with van der Waals surface area (Å²) >= 11 is 0. The van der Waals surface area contributed by atoms with Crippen LogP contribution in [0.25, 0.3) is 10.9 Å². The van der Waals surface area contributed by atoms with Crippen molar-refractivity contribution in [3.8, 4) is 6.07 Å². The summed E-state index contributed by atoms with van der Waals surface area (Å²) in [5.41, 5.74) is 2.25. The topological polar surface area (TPSA) is 60.2 Å². The van der Waals surface area contributed by atoms with E-state index >= 15 is 0 Å². The van der Waals surface area contributed by atoms with Crippen LogP contribution in [0.1, 0.15) is 44.2 Å². The third-order valence-corrected chi connectivity index (χ3v) is 4.62. The number of aliphatic hydroxyl groups is 1. The molecule has 0 aliphatic carbocycles. The summed E-state index contributed by atoms with van der Waals surface area (Å²) in [6.07, 6.45) is 3.57. The zero-order chi connectivity index (χ0) is 15.7. The Kier molecular flexibility index (Phi) is 4.00. The van der Waals surface area contributed by atoms with Gasteiger partial charge in [-0.15, -0.1) is 0 Å². The first-order chi connectivity index (χ1) is 10.6. The molecular weight excluding hydrogens is 274 g/mol. The number of aromatic nitrogens is 1. The quantitative estimate of drug-likeness (QED) is 0.923. The zero-order valence-corrected chi connectivity index (χ0v) is 13.1. The van der Waals surface area contributed by atoms with Crippen molar-refractivity contribution in [3.63, 3.8) is 0 Å². The van der Waals surface area contributed by atoms with Crippen molar-refractivity contribution >= 4 is 16.7 Å². The van der Waals surface area contributed by atoms with Crippen molar-refractivity contribution in [1.82, 2.24) is 4.98 Å². The van der Waals surface area contributed by atoms with Crippen LogP contribution in [-0.4, -0.2) is 22.2 Å². The smallest absolute Gasteiger partial charge is 0.131 e. The Morgan fingerprint density at radius 3 is 2.64 bits per heavy atom. The normalized spacial score (nSPS) is 21.8. The third kappa shape index (κ3) is 2.53. The van der Waals surface area contributed by atoms with E-state index in [0.29, 0.717) is 17.6 Å². The average molecular weight is 295 g/mol. The van der Waals surface area contributed by atoms with Gasteiger partial charge in [0, 0.05) is 17.5 Å². The maximum absolute atomic E-state index is 9.50. The fourth-order valence-electron chi connectivity index (χ4n) is 3.45. The minimum absolute atomic E-state index is 0.0250. The van der Waals surface area contributed by atoms with Crippen LogP contribution < -0.4 is 4.90 Å². The van der Waals surface area contributed by atoms with E-state index in [0.717, 1.165) is 35.1 Å². The number of nitriles is 1. The number of piperidine rings is 1. The lowest BCUT2D eigenvalue weighted by atomic mass is 9.97. The second-order valence-electron chi connectivity index (χ2n) is 6.19. The van der Waals surface area contributed by atoms with Crippen LogP contribution in [0.4, 0.5) is 5.82 Å². The van der Waals surface area contributed by atoms with Gasteiger partial charge in [0.2, 0.25) is 0 Å². The molecule has 114 valence electrons. The second kappa shape index (κ2) is 5.94. The Balaban J connectivity index is 2.14. The van der Waals surface area contributed by atoms with Crippen LogP contribution in [0.5, 0.6) is 0 Å². The highest BCUT2D eigenvalue weighted by molar-refractivity contribution is 5.87. The van der Waals surface area contributed by atoms with Crippen molar-refractivity contribution in [3.05, 3.63) is 35.4 Å². The van der Waals surface area contributed by atoms with Gasteiger partial charge in [-0.1, -0.05) is 6.07 Å². The summed E-state index contributed by atoms with van der Waals surface area (Å²) in [5.74, 6) is 0.889. The third-order valence-electron chi connectivity index (χ3n) is 4.62. The molecule has 1 saturated heterocycles. The van der Waals surface area contributed by atoms with Crippen molar-refractivity contribution in [2.24, 2.45) is 0 Å². The predicted octanol–water partition coefficient (Wildman–Crippen LogP) is 3.37. The minimum Gasteiger partial charge on any atom is -0.392 e. The number of anilines is 1. The van der Waals surface area contributed by atoms with E-state index in [2.05, 4.69) is 24.8 Å². The lowest BCUT2D eigenvalue weighted by Crippen LogP contribution is -2.44. The second-order valence-corrected chi connectivity index (χ2v) is 6.19. The van der Waals surface area contributed by atoms with Gasteiger partial charge in [0.1, 0.15) is 5.82 Å². The summed E-state index contributed by atoms with van der Waals surface area (Å²) in [6, 6.07) is 10.7. The zero-order valence-electron chi connectivity index (χ0n) is 13.1. The van der Waals surface area contributed by atoms with Gasteiger partial charge >= 0.3 is 0 Å². The average Bonchev–Trinajstić information content (AvgIpc) is 2.53. The molecule has 1 N–H and O–H groups in total. The Hall–Kier alpha value is -2.12. The van der Waals surface area contributed by atoms with Crippen molar-refractivity contribution in [1.29, 1.82) is 5.26 Å².